The van der Waals surface area contributed by atoms with Crippen LogP contribution in [0.25, 0.3) is 0 Å². The zero-order chi connectivity index (χ0) is 14.5. The molecular formula is C10H22N4O3S2. The fraction of sp³-hybridized carbons (Fsp3) is 0.900. The van der Waals surface area contributed by atoms with E-state index in [2.05, 4.69) is 9.88 Å². The molecule has 19 heavy (non-hydrogen) atoms. The van der Waals surface area contributed by atoms with Crippen LogP contribution in [-0.4, -0.2) is 54.4 Å². The summed E-state index contributed by atoms with van der Waals surface area (Å²) in [6, 6.07) is 0. The molecule has 1 rings (SSSR count). The van der Waals surface area contributed by atoms with Crippen LogP contribution in [0.15, 0.2) is 5.16 Å². The third-order valence-electron chi connectivity index (χ3n) is 3.37. The topological polar surface area (TPSA) is 108 Å². The summed E-state index contributed by atoms with van der Waals surface area (Å²) in [6.45, 7) is 3.09. The molecule has 7 nitrogen and oxygen atoms in total. The van der Waals surface area contributed by atoms with Gasteiger partial charge in [-0.1, -0.05) is 12.1 Å². The van der Waals surface area contributed by atoms with Crippen molar-refractivity contribution in [3.8, 4) is 0 Å². The van der Waals surface area contributed by atoms with Gasteiger partial charge in [0.05, 0.1) is 4.75 Å². The van der Waals surface area contributed by atoms with Crippen LogP contribution in [0.2, 0.25) is 0 Å². The van der Waals surface area contributed by atoms with Gasteiger partial charge < -0.3 is 10.9 Å². The summed E-state index contributed by atoms with van der Waals surface area (Å²) in [4.78, 5) is 0. The smallest absolute Gasteiger partial charge is 0.279 e. The van der Waals surface area contributed by atoms with Gasteiger partial charge in [-0.2, -0.15) is 24.5 Å². The SMILES string of the molecule is CCCNS(=O)(=O)N1CCC(SC)(C(N)=NO)CC1. The van der Waals surface area contributed by atoms with Crippen molar-refractivity contribution in [1.29, 1.82) is 0 Å². The summed E-state index contributed by atoms with van der Waals surface area (Å²) in [5, 5.41) is 11.9. The number of oxime groups is 1. The summed E-state index contributed by atoms with van der Waals surface area (Å²) in [5.41, 5.74) is 5.72. The van der Waals surface area contributed by atoms with Crippen LogP contribution in [0.4, 0.5) is 0 Å². The van der Waals surface area contributed by atoms with E-state index in [0.29, 0.717) is 32.5 Å². The third-order valence-corrected chi connectivity index (χ3v) is 6.38. The summed E-state index contributed by atoms with van der Waals surface area (Å²) < 4.78 is 27.5. The molecule has 0 radical (unpaired) electrons. The second kappa shape index (κ2) is 6.78. The predicted octanol–water partition coefficient (Wildman–Crippen LogP) is 0.175. The van der Waals surface area contributed by atoms with E-state index in [1.165, 1.54) is 16.1 Å². The zero-order valence-corrected chi connectivity index (χ0v) is 12.9. The molecule has 0 aromatic carbocycles. The Labute approximate surface area is 118 Å². The van der Waals surface area contributed by atoms with E-state index < -0.39 is 15.0 Å². The maximum atomic E-state index is 12.0. The van der Waals surface area contributed by atoms with E-state index in [4.69, 9.17) is 10.9 Å². The number of nitrogens with one attached hydrogen (secondary N) is 1. The van der Waals surface area contributed by atoms with E-state index >= 15 is 0 Å². The number of nitrogens with two attached hydrogens (primary N) is 1. The van der Waals surface area contributed by atoms with E-state index in [0.717, 1.165) is 6.42 Å². The molecule has 9 heteroatoms. The second-order valence-electron chi connectivity index (χ2n) is 4.48. The van der Waals surface area contributed by atoms with Gasteiger partial charge in [-0.25, -0.2) is 4.72 Å². The van der Waals surface area contributed by atoms with Crippen molar-refractivity contribution in [2.45, 2.75) is 30.9 Å². The van der Waals surface area contributed by atoms with Crippen LogP contribution in [0.5, 0.6) is 0 Å². The van der Waals surface area contributed by atoms with Gasteiger partial charge in [-0.3, -0.25) is 0 Å². The van der Waals surface area contributed by atoms with Crippen molar-refractivity contribution in [1.82, 2.24) is 9.03 Å². The van der Waals surface area contributed by atoms with Crippen molar-refractivity contribution in [3.05, 3.63) is 0 Å². The normalized spacial score (nSPS) is 21.5. The lowest BCUT2D eigenvalue weighted by molar-refractivity contribution is 0.299. The highest BCUT2D eigenvalue weighted by atomic mass is 32.2. The molecule has 112 valence electrons. The molecule has 1 fully saturated rings. The van der Waals surface area contributed by atoms with Crippen LogP contribution in [-0.2, 0) is 10.2 Å². The summed E-state index contributed by atoms with van der Waals surface area (Å²) in [6.07, 6.45) is 3.72. The van der Waals surface area contributed by atoms with E-state index in [1.54, 1.807) is 0 Å². The molecule has 1 saturated heterocycles. The van der Waals surface area contributed by atoms with Gasteiger partial charge in [0, 0.05) is 19.6 Å². The zero-order valence-electron chi connectivity index (χ0n) is 11.3. The molecule has 0 saturated carbocycles. The number of hydrogen-bond acceptors (Lipinski definition) is 5. The van der Waals surface area contributed by atoms with Crippen LogP contribution < -0.4 is 10.5 Å². The minimum atomic E-state index is -3.41. The second-order valence-corrected chi connectivity index (χ2v) is 7.43. The highest BCUT2D eigenvalue weighted by molar-refractivity contribution is 8.00. The van der Waals surface area contributed by atoms with Crippen molar-refractivity contribution in [2.24, 2.45) is 10.9 Å². The molecule has 1 aliphatic heterocycles. The molecule has 0 aromatic heterocycles. The van der Waals surface area contributed by atoms with Gasteiger partial charge in [0.2, 0.25) is 0 Å². The Morgan fingerprint density at radius 1 is 1.53 bits per heavy atom. The molecule has 0 amide bonds. The fourth-order valence-electron chi connectivity index (χ4n) is 2.07. The number of amidine groups is 1. The van der Waals surface area contributed by atoms with Crippen molar-refractivity contribution in [3.63, 3.8) is 0 Å². The first kappa shape index (κ1) is 16.5. The van der Waals surface area contributed by atoms with Gasteiger partial charge >= 0.3 is 0 Å². The molecule has 1 heterocycles. The van der Waals surface area contributed by atoms with Crippen molar-refractivity contribution in [2.75, 3.05) is 25.9 Å². The molecule has 0 aromatic rings. The lowest BCUT2D eigenvalue weighted by Crippen LogP contribution is -2.53. The molecule has 0 aliphatic carbocycles. The Hall–Kier alpha value is -0.510. The van der Waals surface area contributed by atoms with Gasteiger partial charge in [0.1, 0.15) is 0 Å². The molecule has 0 unspecified atom stereocenters. The standard InChI is InChI=1S/C10H22N4O3S2/c1-3-6-12-19(16,17)14-7-4-10(18-2,5-8-14)9(11)13-15/h12,15H,3-8H2,1-2H3,(H2,11,13). The number of hydrogen-bond donors (Lipinski definition) is 3. The first-order valence-electron chi connectivity index (χ1n) is 6.19. The molecule has 4 N–H and O–H groups in total. The van der Waals surface area contributed by atoms with Crippen molar-refractivity contribution >= 4 is 27.8 Å². The van der Waals surface area contributed by atoms with E-state index in [1.807, 2.05) is 13.2 Å². The van der Waals surface area contributed by atoms with Gasteiger partial charge in [0.25, 0.3) is 10.2 Å². The van der Waals surface area contributed by atoms with Gasteiger partial charge in [-0.05, 0) is 25.5 Å². The first-order valence-corrected chi connectivity index (χ1v) is 8.86. The van der Waals surface area contributed by atoms with Gasteiger partial charge in [0.15, 0.2) is 5.84 Å². The minimum Gasteiger partial charge on any atom is -0.409 e. The molecule has 0 atom stereocenters. The quantitative estimate of drug-likeness (QED) is 0.281. The lowest BCUT2D eigenvalue weighted by Gasteiger charge is -2.38. The summed E-state index contributed by atoms with van der Waals surface area (Å²) in [5.74, 6) is 0.165. The Morgan fingerprint density at radius 2 is 2.11 bits per heavy atom. The maximum Gasteiger partial charge on any atom is 0.279 e. The number of nitrogens with zero attached hydrogens (tertiary/aromatic N) is 2. The third kappa shape index (κ3) is 3.74. The van der Waals surface area contributed by atoms with E-state index in [9.17, 15) is 8.42 Å². The monoisotopic (exact) mass is 310 g/mol. The number of thioether (sulfide) groups is 1. The highest BCUT2D eigenvalue weighted by Gasteiger charge is 2.40. The van der Waals surface area contributed by atoms with Crippen LogP contribution in [0, 0.1) is 0 Å². The van der Waals surface area contributed by atoms with Crippen LogP contribution in [0.1, 0.15) is 26.2 Å². The van der Waals surface area contributed by atoms with Crippen molar-refractivity contribution < 1.29 is 13.6 Å². The number of rotatable bonds is 6. The Balaban J connectivity index is 2.71. The molecule has 1 aliphatic rings. The maximum absolute atomic E-state index is 12.0. The van der Waals surface area contributed by atoms with E-state index in [-0.39, 0.29) is 5.84 Å². The molecule has 0 bridgehead atoms. The predicted molar refractivity (Wildman–Crippen MR) is 77.7 cm³/mol. The van der Waals surface area contributed by atoms with Crippen LogP contribution >= 0.6 is 11.8 Å². The fourth-order valence-corrected chi connectivity index (χ4v) is 4.21. The first-order chi connectivity index (χ1) is 8.91. The lowest BCUT2D eigenvalue weighted by atomic mass is 9.96. The number of piperidine rings is 1. The Kier molecular flexibility index (Phi) is 5.90. The largest absolute Gasteiger partial charge is 0.409 e. The highest BCUT2D eigenvalue weighted by Crippen LogP contribution is 2.35. The average molecular weight is 310 g/mol. The molecule has 0 spiro atoms. The molecular weight excluding hydrogens is 288 g/mol. The minimum absolute atomic E-state index is 0.165. The Morgan fingerprint density at radius 3 is 2.53 bits per heavy atom. The van der Waals surface area contributed by atoms with Crippen LogP contribution in [0.3, 0.4) is 0 Å². The average Bonchev–Trinajstić information content (AvgIpc) is 2.44. The Bertz CT molecular complexity index is 416. The van der Waals surface area contributed by atoms with Gasteiger partial charge in [-0.15, -0.1) is 0 Å². The summed E-state index contributed by atoms with van der Waals surface area (Å²) in [7, 11) is -3.41. The summed E-state index contributed by atoms with van der Waals surface area (Å²) >= 11 is 1.50.